The zero-order valence-electron chi connectivity index (χ0n) is 10.5. The van der Waals surface area contributed by atoms with Gasteiger partial charge in [0, 0.05) is 12.7 Å². The van der Waals surface area contributed by atoms with Crippen LogP contribution in [0.1, 0.15) is 19.3 Å². The predicted molar refractivity (Wildman–Crippen MR) is 63.4 cm³/mol. The highest BCUT2D eigenvalue weighted by Gasteiger charge is 2.30. The molecule has 0 N–H and O–H groups in total. The minimum absolute atomic E-state index is 0.118. The predicted octanol–water partition coefficient (Wildman–Crippen LogP) is 0.315. The fourth-order valence-corrected chi connectivity index (χ4v) is 2.27. The van der Waals surface area contributed by atoms with E-state index in [9.17, 15) is 13.2 Å². The number of hydrogen-bond acceptors (Lipinski definition) is 7. The van der Waals surface area contributed by atoms with E-state index < -0.39 is 22.2 Å². The molecule has 0 spiro atoms. The summed E-state index contributed by atoms with van der Waals surface area (Å²) >= 11 is 0. The monoisotopic (exact) mass is 292 g/mol. The molecular weight excluding hydrogens is 276 g/mol. The second kappa shape index (κ2) is 5.89. The first-order valence-electron chi connectivity index (χ1n) is 5.99. The molecule has 2 aliphatic heterocycles. The molecule has 8 heteroatoms. The van der Waals surface area contributed by atoms with Gasteiger partial charge in [0.1, 0.15) is 6.10 Å². The van der Waals surface area contributed by atoms with E-state index in [0.717, 1.165) is 25.5 Å². The molecule has 0 radical (unpaired) electrons. The van der Waals surface area contributed by atoms with Crippen LogP contribution < -0.4 is 0 Å². The lowest BCUT2D eigenvalue weighted by molar-refractivity contribution is -0.177. The molecule has 7 nitrogen and oxygen atoms in total. The van der Waals surface area contributed by atoms with Crippen LogP contribution in [-0.4, -0.2) is 46.3 Å². The summed E-state index contributed by atoms with van der Waals surface area (Å²) < 4.78 is 42.1. The summed E-state index contributed by atoms with van der Waals surface area (Å²) in [7, 11) is -3.73. The minimum atomic E-state index is -3.73. The smallest absolute Gasteiger partial charge is 0.375 e. The van der Waals surface area contributed by atoms with E-state index in [1.54, 1.807) is 0 Å². The normalized spacial score (nSPS) is 27.8. The van der Waals surface area contributed by atoms with Gasteiger partial charge in [0.2, 0.25) is 5.76 Å². The van der Waals surface area contributed by atoms with Crippen molar-refractivity contribution < 1.29 is 31.6 Å². The van der Waals surface area contributed by atoms with Gasteiger partial charge in [-0.25, -0.2) is 4.79 Å². The van der Waals surface area contributed by atoms with Crippen LogP contribution in [0.5, 0.6) is 0 Å². The number of cyclic esters (lactones) is 1. The molecule has 1 fully saturated rings. The Morgan fingerprint density at radius 2 is 2.21 bits per heavy atom. The van der Waals surface area contributed by atoms with Gasteiger partial charge in [-0.15, -0.1) is 0 Å². The fraction of sp³-hybridized carbons (Fsp3) is 0.727. The summed E-state index contributed by atoms with van der Waals surface area (Å²) in [6, 6.07) is 0. The first kappa shape index (κ1) is 14.3. The Morgan fingerprint density at radius 3 is 2.84 bits per heavy atom. The molecule has 0 aliphatic carbocycles. The maximum atomic E-state index is 11.3. The van der Waals surface area contributed by atoms with Gasteiger partial charge in [-0.1, -0.05) is 0 Å². The van der Waals surface area contributed by atoms with Crippen molar-refractivity contribution in [3.05, 3.63) is 11.8 Å². The van der Waals surface area contributed by atoms with Crippen LogP contribution in [0.3, 0.4) is 0 Å². The zero-order chi connectivity index (χ0) is 13.9. The number of esters is 1. The number of carbonyl (C=O) groups excluding carboxylic acids is 1. The highest BCUT2D eigenvalue weighted by atomic mass is 32.2. The van der Waals surface area contributed by atoms with Crippen molar-refractivity contribution >= 4 is 16.1 Å². The molecule has 2 atom stereocenters. The number of carbonyl (C=O) groups is 1. The maximum absolute atomic E-state index is 11.3. The van der Waals surface area contributed by atoms with E-state index >= 15 is 0 Å². The van der Waals surface area contributed by atoms with E-state index in [1.165, 1.54) is 6.08 Å². The van der Waals surface area contributed by atoms with Crippen molar-refractivity contribution in [1.29, 1.82) is 0 Å². The summed E-state index contributed by atoms with van der Waals surface area (Å²) in [4.78, 5) is 11.3. The highest BCUT2D eigenvalue weighted by Crippen LogP contribution is 2.19. The van der Waals surface area contributed by atoms with Crippen LogP contribution in [0.4, 0.5) is 0 Å². The summed E-state index contributed by atoms with van der Waals surface area (Å²) in [5, 5.41) is 0. The SMILES string of the molecule is CS(=O)(=O)OC1=CC(COC2CCCCO2)OC1=O. The Balaban J connectivity index is 1.83. The molecule has 0 bridgehead atoms. The van der Waals surface area contributed by atoms with Gasteiger partial charge >= 0.3 is 16.1 Å². The molecular formula is C11H16O7S. The molecule has 2 aliphatic rings. The van der Waals surface area contributed by atoms with Crippen LogP contribution in [-0.2, 0) is 33.3 Å². The van der Waals surface area contributed by atoms with Crippen molar-refractivity contribution in [2.24, 2.45) is 0 Å². The lowest BCUT2D eigenvalue weighted by Gasteiger charge is -2.23. The Labute approximate surface area is 111 Å². The number of rotatable bonds is 5. The van der Waals surface area contributed by atoms with Crippen LogP contribution in [0.2, 0.25) is 0 Å². The minimum Gasteiger partial charge on any atom is -0.450 e. The molecule has 108 valence electrons. The van der Waals surface area contributed by atoms with Gasteiger partial charge < -0.3 is 18.4 Å². The average molecular weight is 292 g/mol. The number of hydrogen-bond donors (Lipinski definition) is 0. The van der Waals surface area contributed by atoms with E-state index in [-0.39, 0.29) is 18.7 Å². The zero-order valence-corrected chi connectivity index (χ0v) is 11.4. The summed E-state index contributed by atoms with van der Waals surface area (Å²) in [6.07, 6.45) is 4.08. The highest BCUT2D eigenvalue weighted by molar-refractivity contribution is 7.86. The topological polar surface area (TPSA) is 88.1 Å². The number of ether oxygens (including phenoxy) is 3. The lowest BCUT2D eigenvalue weighted by Crippen LogP contribution is -2.26. The van der Waals surface area contributed by atoms with Crippen LogP contribution in [0.15, 0.2) is 11.8 Å². The first-order chi connectivity index (χ1) is 8.94. The maximum Gasteiger partial charge on any atom is 0.375 e. The third-order valence-corrected chi connectivity index (χ3v) is 3.10. The van der Waals surface area contributed by atoms with Crippen molar-refractivity contribution in [3.8, 4) is 0 Å². The summed E-state index contributed by atoms with van der Waals surface area (Å²) in [5.74, 6) is -1.12. The lowest BCUT2D eigenvalue weighted by atomic mass is 10.2. The Kier molecular flexibility index (Phi) is 4.43. The summed E-state index contributed by atoms with van der Waals surface area (Å²) in [6.45, 7) is 0.778. The van der Waals surface area contributed by atoms with Crippen molar-refractivity contribution in [2.45, 2.75) is 31.7 Å². The molecule has 2 heterocycles. The van der Waals surface area contributed by atoms with Gasteiger partial charge in [-0.3, -0.25) is 0 Å². The van der Waals surface area contributed by atoms with E-state index in [1.807, 2.05) is 0 Å². The van der Waals surface area contributed by atoms with Gasteiger partial charge in [-0.2, -0.15) is 8.42 Å². The van der Waals surface area contributed by atoms with Crippen LogP contribution in [0.25, 0.3) is 0 Å². The van der Waals surface area contributed by atoms with Gasteiger partial charge in [0.05, 0.1) is 12.9 Å². The first-order valence-corrected chi connectivity index (χ1v) is 7.81. The molecule has 0 aromatic carbocycles. The van der Waals surface area contributed by atoms with Gasteiger partial charge in [0.25, 0.3) is 0 Å². The van der Waals surface area contributed by atoms with Gasteiger partial charge in [-0.05, 0) is 19.3 Å². The molecule has 2 unspecified atom stereocenters. The second-order valence-corrected chi connectivity index (χ2v) is 5.97. The molecule has 0 aromatic heterocycles. The van der Waals surface area contributed by atoms with E-state index in [2.05, 4.69) is 4.18 Å². The van der Waals surface area contributed by atoms with Crippen LogP contribution in [0, 0.1) is 0 Å². The average Bonchev–Trinajstić information content (AvgIpc) is 2.67. The quantitative estimate of drug-likeness (QED) is 0.532. The summed E-state index contributed by atoms with van der Waals surface area (Å²) in [5.41, 5.74) is 0. The van der Waals surface area contributed by atoms with E-state index in [0.29, 0.717) is 6.61 Å². The van der Waals surface area contributed by atoms with Crippen molar-refractivity contribution in [1.82, 2.24) is 0 Å². The Bertz CT molecular complexity index is 461. The Morgan fingerprint density at radius 1 is 1.42 bits per heavy atom. The third kappa shape index (κ3) is 4.48. The Hall–Kier alpha value is -1.12. The third-order valence-electron chi connectivity index (χ3n) is 2.62. The molecule has 19 heavy (non-hydrogen) atoms. The van der Waals surface area contributed by atoms with Crippen molar-refractivity contribution in [3.63, 3.8) is 0 Å². The fourth-order valence-electron chi connectivity index (χ4n) is 1.82. The molecule has 0 aromatic rings. The van der Waals surface area contributed by atoms with Crippen LogP contribution >= 0.6 is 0 Å². The molecule has 0 saturated carbocycles. The molecule has 0 amide bonds. The second-order valence-electron chi connectivity index (χ2n) is 4.39. The molecule has 1 saturated heterocycles. The largest absolute Gasteiger partial charge is 0.450 e. The standard InChI is InChI=1S/C11H16O7S/c1-19(13,14)18-9-6-8(17-11(9)12)7-16-10-4-2-3-5-15-10/h6,8,10H,2-5,7H2,1H3. The molecule has 2 rings (SSSR count). The van der Waals surface area contributed by atoms with E-state index in [4.69, 9.17) is 14.2 Å². The van der Waals surface area contributed by atoms with Crippen molar-refractivity contribution in [2.75, 3.05) is 19.5 Å². The van der Waals surface area contributed by atoms with Gasteiger partial charge in [0.15, 0.2) is 6.29 Å².